The highest BCUT2D eigenvalue weighted by Crippen LogP contribution is 2.44. The molecule has 2 aromatic carbocycles. The van der Waals surface area contributed by atoms with Crippen LogP contribution in [0.3, 0.4) is 0 Å². The number of nitrogens with two attached hydrogens (primary N) is 1. The van der Waals surface area contributed by atoms with E-state index in [1.807, 2.05) is 0 Å². The molecule has 8 rings (SSSR count). The zero-order valence-electron chi connectivity index (χ0n) is 23.8. The molecule has 0 aliphatic carbocycles. The summed E-state index contributed by atoms with van der Waals surface area (Å²) in [5.74, 6) is -0.707. The van der Waals surface area contributed by atoms with E-state index in [9.17, 15) is 8.78 Å². The van der Waals surface area contributed by atoms with Gasteiger partial charge in [-0.2, -0.15) is 9.97 Å². The lowest BCUT2D eigenvalue weighted by Gasteiger charge is -2.41. The Kier molecular flexibility index (Phi) is 6.83. The Morgan fingerprint density at radius 2 is 2.07 bits per heavy atom. The number of hydrogen-bond donors (Lipinski definition) is 2. The number of morpholine rings is 1. The molecule has 0 radical (unpaired) electrons. The van der Waals surface area contributed by atoms with E-state index < -0.39 is 23.3 Å². The first-order chi connectivity index (χ1) is 21.2. The molecule has 14 heteroatoms. The van der Waals surface area contributed by atoms with Crippen molar-refractivity contribution in [1.29, 1.82) is 0 Å². The lowest BCUT2D eigenvalue weighted by Crippen LogP contribution is -2.53. The van der Waals surface area contributed by atoms with Gasteiger partial charge in [-0.3, -0.25) is 4.90 Å². The van der Waals surface area contributed by atoms with Crippen LogP contribution in [0.1, 0.15) is 25.7 Å². The van der Waals surface area contributed by atoms with Crippen LogP contribution in [0.25, 0.3) is 32.2 Å². The van der Waals surface area contributed by atoms with Gasteiger partial charge in [0.05, 0.1) is 33.0 Å². The molecular weight excluding hydrogens is 615 g/mol. The van der Waals surface area contributed by atoms with Gasteiger partial charge in [0.1, 0.15) is 29.9 Å². The van der Waals surface area contributed by atoms with Crippen molar-refractivity contribution in [2.24, 2.45) is 0 Å². The van der Waals surface area contributed by atoms with Crippen LogP contribution in [0, 0.1) is 11.6 Å². The standard InChI is InChI=1S/C30H31ClF3N7O2S/c31-19-10-18-23(22(34)21(19)17-2-3-20(33)25-24(17)37-27(35)44-25)38-28(42-15-29-4-1-7-41(29)12-16(32)11-29)39-26(18)40-8-9-43-30(14-40)5-6-36-13-30/h2-3,10,16,36H,1,4-9,11-15H2,(H2,35,37)/t16-,29?,30?/m1/s1. The van der Waals surface area contributed by atoms with Gasteiger partial charge in [0.25, 0.3) is 0 Å². The molecule has 4 aromatic rings. The van der Waals surface area contributed by atoms with Crippen molar-refractivity contribution in [3.63, 3.8) is 0 Å². The first-order valence-electron chi connectivity index (χ1n) is 14.9. The number of nitrogens with zero attached hydrogens (tertiary/aromatic N) is 5. The van der Waals surface area contributed by atoms with Gasteiger partial charge in [0.2, 0.25) is 0 Å². The fourth-order valence-corrected chi connectivity index (χ4v) is 8.62. The number of anilines is 2. The number of fused-ring (bicyclic) bond motifs is 3. The average Bonchev–Trinajstić information content (AvgIpc) is 3.77. The molecule has 1 spiro atoms. The third-order valence-corrected chi connectivity index (χ3v) is 10.8. The molecule has 232 valence electrons. The Bertz CT molecular complexity index is 1790. The summed E-state index contributed by atoms with van der Waals surface area (Å²) in [6.07, 6.45) is 2.10. The van der Waals surface area contributed by atoms with Crippen LogP contribution in [0.5, 0.6) is 6.01 Å². The summed E-state index contributed by atoms with van der Waals surface area (Å²) in [7, 11) is 0. The van der Waals surface area contributed by atoms with Crippen LogP contribution >= 0.6 is 22.9 Å². The topological polar surface area (TPSA) is 102 Å². The summed E-state index contributed by atoms with van der Waals surface area (Å²) in [4.78, 5) is 17.9. The summed E-state index contributed by atoms with van der Waals surface area (Å²) in [5.41, 5.74) is 5.69. The largest absolute Gasteiger partial charge is 0.461 e. The second kappa shape index (κ2) is 10.5. The zero-order valence-corrected chi connectivity index (χ0v) is 25.4. The van der Waals surface area contributed by atoms with Crippen LogP contribution in [0.15, 0.2) is 18.2 Å². The molecule has 4 saturated heterocycles. The lowest BCUT2D eigenvalue weighted by molar-refractivity contribution is -0.0405. The normalized spacial score (nSPS) is 27.3. The van der Waals surface area contributed by atoms with Crippen LogP contribution in [-0.4, -0.2) is 89.6 Å². The predicted octanol–water partition coefficient (Wildman–Crippen LogP) is 4.94. The van der Waals surface area contributed by atoms with Gasteiger partial charge < -0.3 is 25.4 Å². The molecule has 9 nitrogen and oxygen atoms in total. The zero-order chi connectivity index (χ0) is 30.2. The quantitative estimate of drug-likeness (QED) is 0.312. The van der Waals surface area contributed by atoms with E-state index in [1.165, 1.54) is 12.1 Å². The van der Waals surface area contributed by atoms with Crippen molar-refractivity contribution >= 4 is 55.0 Å². The molecule has 4 fully saturated rings. The number of ether oxygens (including phenoxy) is 2. The molecule has 6 heterocycles. The second-order valence-corrected chi connectivity index (χ2v) is 13.8. The number of hydrogen-bond acceptors (Lipinski definition) is 10. The Morgan fingerprint density at radius 1 is 1.18 bits per heavy atom. The van der Waals surface area contributed by atoms with Crippen LogP contribution in [0.2, 0.25) is 5.02 Å². The summed E-state index contributed by atoms with van der Waals surface area (Å²) >= 11 is 7.80. The summed E-state index contributed by atoms with van der Waals surface area (Å²) < 4.78 is 58.5. The van der Waals surface area contributed by atoms with E-state index in [0.717, 1.165) is 43.7 Å². The maximum Gasteiger partial charge on any atom is 0.319 e. The van der Waals surface area contributed by atoms with Gasteiger partial charge >= 0.3 is 6.01 Å². The van der Waals surface area contributed by atoms with Crippen LogP contribution in [0.4, 0.5) is 24.1 Å². The molecular formula is C30H31ClF3N7O2S. The SMILES string of the molecule is Nc1nc2c(-c3c(Cl)cc4c(N5CCOC6(CCNC6)C5)nc(OCC56CCCN5C[C@H](F)C6)nc4c3F)ccc(F)c2s1. The van der Waals surface area contributed by atoms with Crippen molar-refractivity contribution in [2.75, 3.05) is 63.1 Å². The van der Waals surface area contributed by atoms with Crippen molar-refractivity contribution in [3.05, 3.63) is 34.9 Å². The first-order valence-corrected chi connectivity index (χ1v) is 16.1. The van der Waals surface area contributed by atoms with Crippen molar-refractivity contribution in [3.8, 4) is 17.1 Å². The highest BCUT2D eigenvalue weighted by Gasteiger charge is 2.49. The summed E-state index contributed by atoms with van der Waals surface area (Å²) in [6, 6.07) is 4.36. The molecule has 4 aliphatic heterocycles. The molecule has 3 atom stereocenters. The fourth-order valence-electron chi connectivity index (χ4n) is 7.56. The summed E-state index contributed by atoms with van der Waals surface area (Å²) in [5, 5.41) is 4.07. The van der Waals surface area contributed by atoms with Gasteiger partial charge in [-0.15, -0.1) is 0 Å². The predicted molar refractivity (Wildman–Crippen MR) is 164 cm³/mol. The van der Waals surface area contributed by atoms with Crippen molar-refractivity contribution in [2.45, 2.75) is 43.0 Å². The van der Waals surface area contributed by atoms with Gasteiger partial charge in [-0.25, -0.2) is 18.2 Å². The third kappa shape index (κ3) is 4.58. The van der Waals surface area contributed by atoms with Crippen molar-refractivity contribution < 1.29 is 22.6 Å². The highest BCUT2D eigenvalue weighted by molar-refractivity contribution is 7.22. The third-order valence-electron chi connectivity index (χ3n) is 9.61. The molecule has 0 saturated carbocycles. The van der Waals surface area contributed by atoms with Crippen LogP contribution < -0.4 is 20.7 Å². The fraction of sp³-hybridized carbons (Fsp3) is 0.500. The minimum Gasteiger partial charge on any atom is -0.461 e. The number of thiazole rings is 1. The Labute approximate surface area is 260 Å². The van der Waals surface area contributed by atoms with Gasteiger partial charge in [-0.05, 0) is 50.6 Å². The minimum atomic E-state index is -0.911. The lowest BCUT2D eigenvalue weighted by atomic mass is 9.95. The number of rotatable bonds is 5. The Hall–Kier alpha value is -2.97. The van der Waals surface area contributed by atoms with E-state index >= 15 is 4.39 Å². The van der Waals surface area contributed by atoms with E-state index in [1.54, 1.807) is 6.07 Å². The van der Waals surface area contributed by atoms with Gasteiger partial charge in [0.15, 0.2) is 10.9 Å². The van der Waals surface area contributed by atoms with Gasteiger partial charge in [0, 0.05) is 49.1 Å². The van der Waals surface area contributed by atoms with Crippen LogP contribution in [-0.2, 0) is 4.74 Å². The molecule has 4 aliphatic rings. The van der Waals surface area contributed by atoms with E-state index in [2.05, 4.69) is 25.1 Å². The maximum absolute atomic E-state index is 16.8. The number of aromatic nitrogens is 3. The summed E-state index contributed by atoms with van der Waals surface area (Å²) in [6.45, 7) is 4.52. The van der Waals surface area contributed by atoms with Gasteiger partial charge in [-0.1, -0.05) is 22.9 Å². The first kappa shape index (κ1) is 28.5. The number of nitrogens with one attached hydrogen (secondary N) is 1. The molecule has 0 bridgehead atoms. The monoisotopic (exact) mass is 645 g/mol. The number of halogens is 4. The second-order valence-electron chi connectivity index (χ2n) is 12.3. The highest BCUT2D eigenvalue weighted by atomic mass is 35.5. The Balaban J connectivity index is 1.26. The van der Waals surface area contributed by atoms with E-state index in [4.69, 9.17) is 31.8 Å². The molecule has 2 aromatic heterocycles. The number of alkyl halides is 1. The molecule has 3 N–H and O–H groups in total. The average molecular weight is 646 g/mol. The van der Waals surface area contributed by atoms with Crippen molar-refractivity contribution in [1.82, 2.24) is 25.2 Å². The minimum absolute atomic E-state index is 0.00968. The van der Waals surface area contributed by atoms with E-state index in [0.29, 0.717) is 56.0 Å². The smallest absolute Gasteiger partial charge is 0.319 e. The molecule has 2 unspecified atom stereocenters. The Morgan fingerprint density at radius 3 is 2.91 bits per heavy atom. The molecule has 0 amide bonds. The number of benzene rings is 2. The number of nitrogen functional groups attached to an aromatic ring is 1. The maximum atomic E-state index is 16.8. The molecule has 44 heavy (non-hydrogen) atoms. The van der Waals surface area contributed by atoms with E-state index in [-0.39, 0.29) is 49.7 Å².